The highest BCUT2D eigenvalue weighted by atomic mass is 16.2. The fourth-order valence-corrected chi connectivity index (χ4v) is 2.22. The molecule has 0 aliphatic rings. The minimum Gasteiger partial charge on any atom is -0.338 e. The first-order valence-corrected chi connectivity index (χ1v) is 8.17. The predicted molar refractivity (Wildman–Crippen MR) is 87.9 cm³/mol. The molecule has 20 heavy (non-hydrogen) atoms. The Kier molecular flexibility index (Phi) is 12.6. The fraction of sp³-hybridized carbons (Fsp3) is 0.824. The smallest absolute Gasteiger partial charge is 0.245 e. The molecule has 0 radical (unpaired) electrons. The Balaban J connectivity index is 3.68. The number of carbonyl (C=O) groups is 1. The standard InChI is InChI=1S/C17H34N2O/c1-5-7-8-9-10-11-12-13-14-19(17(20)6-2)16-15-18(3)4/h6H,2,5,7-16H2,1,3-4H3. The lowest BCUT2D eigenvalue weighted by Gasteiger charge is -2.23. The summed E-state index contributed by atoms with van der Waals surface area (Å²) in [6.07, 6.45) is 11.8. The van der Waals surface area contributed by atoms with E-state index in [0.717, 1.165) is 26.1 Å². The monoisotopic (exact) mass is 282 g/mol. The molecule has 0 aromatic carbocycles. The van der Waals surface area contributed by atoms with Crippen molar-refractivity contribution in [2.75, 3.05) is 33.7 Å². The van der Waals surface area contributed by atoms with Crippen molar-refractivity contribution in [1.29, 1.82) is 0 Å². The van der Waals surface area contributed by atoms with E-state index < -0.39 is 0 Å². The average molecular weight is 282 g/mol. The molecule has 0 atom stereocenters. The maximum Gasteiger partial charge on any atom is 0.245 e. The van der Waals surface area contributed by atoms with Gasteiger partial charge in [-0.1, -0.05) is 58.4 Å². The number of likely N-dealkylation sites (N-methyl/N-ethyl adjacent to an activating group) is 1. The first-order valence-electron chi connectivity index (χ1n) is 8.17. The summed E-state index contributed by atoms with van der Waals surface area (Å²) in [5.74, 6) is 0.0646. The van der Waals surface area contributed by atoms with Crippen molar-refractivity contribution in [3.63, 3.8) is 0 Å². The van der Waals surface area contributed by atoms with Crippen LogP contribution in [0.2, 0.25) is 0 Å². The van der Waals surface area contributed by atoms with Crippen LogP contribution in [0.25, 0.3) is 0 Å². The SMILES string of the molecule is C=CC(=O)N(CCCCCCCCCC)CCN(C)C. The number of unbranched alkanes of at least 4 members (excludes halogenated alkanes) is 7. The molecule has 0 aliphatic heterocycles. The van der Waals surface area contributed by atoms with E-state index in [0.29, 0.717) is 0 Å². The van der Waals surface area contributed by atoms with E-state index in [1.165, 1.54) is 51.0 Å². The third-order valence-corrected chi connectivity index (χ3v) is 3.59. The van der Waals surface area contributed by atoms with E-state index in [-0.39, 0.29) is 5.91 Å². The quantitative estimate of drug-likeness (QED) is 0.380. The lowest BCUT2D eigenvalue weighted by atomic mass is 10.1. The van der Waals surface area contributed by atoms with Gasteiger partial charge in [-0.25, -0.2) is 0 Å². The topological polar surface area (TPSA) is 23.6 Å². The van der Waals surface area contributed by atoms with Crippen molar-refractivity contribution in [2.24, 2.45) is 0 Å². The van der Waals surface area contributed by atoms with Gasteiger partial charge in [-0.15, -0.1) is 0 Å². The summed E-state index contributed by atoms with van der Waals surface area (Å²) >= 11 is 0. The van der Waals surface area contributed by atoms with Crippen molar-refractivity contribution < 1.29 is 4.79 Å². The lowest BCUT2D eigenvalue weighted by molar-refractivity contribution is -0.126. The zero-order valence-electron chi connectivity index (χ0n) is 13.9. The molecule has 0 aliphatic carbocycles. The van der Waals surface area contributed by atoms with E-state index in [1.54, 1.807) is 0 Å². The van der Waals surface area contributed by atoms with Gasteiger partial charge in [-0.05, 0) is 26.6 Å². The van der Waals surface area contributed by atoms with Gasteiger partial charge in [0.2, 0.25) is 5.91 Å². The number of amides is 1. The Morgan fingerprint density at radius 2 is 1.45 bits per heavy atom. The van der Waals surface area contributed by atoms with Crippen LogP contribution in [0.3, 0.4) is 0 Å². The molecular formula is C17H34N2O. The van der Waals surface area contributed by atoms with Crippen molar-refractivity contribution in [2.45, 2.75) is 58.3 Å². The van der Waals surface area contributed by atoms with E-state index in [4.69, 9.17) is 0 Å². The van der Waals surface area contributed by atoms with Crippen LogP contribution in [-0.2, 0) is 4.79 Å². The summed E-state index contributed by atoms with van der Waals surface area (Å²) in [4.78, 5) is 15.8. The summed E-state index contributed by atoms with van der Waals surface area (Å²) in [5.41, 5.74) is 0. The number of carbonyl (C=O) groups excluding carboxylic acids is 1. The number of nitrogens with zero attached hydrogens (tertiary/aromatic N) is 2. The van der Waals surface area contributed by atoms with Gasteiger partial charge in [0.1, 0.15) is 0 Å². The Morgan fingerprint density at radius 3 is 1.95 bits per heavy atom. The second kappa shape index (κ2) is 13.2. The molecule has 0 saturated carbocycles. The van der Waals surface area contributed by atoms with Crippen molar-refractivity contribution >= 4 is 5.91 Å². The summed E-state index contributed by atoms with van der Waals surface area (Å²) in [7, 11) is 4.07. The first kappa shape index (κ1) is 19.2. The Morgan fingerprint density at radius 1 is 0.900 bits per heavy atom. The van der Waals surface area contributed by atoms with Gasteiger partial charge >= 0.3 is 0 Å². The van der Waals surface area contributed by atoms with Crippen LogP contribution in [0.1, 0.15) is 58.3 Å². The Labute approximate surface area is 126 Å². The zero-order valence-corrected chi connectivity index (χ0v) is 13.9. The van der Waals surface area contributed by atoms with Gasteiger partial charge < -0.3 is 9.80 Å². The van der Waals surface area contributed by atoms with Crippen LogP contribution in [0, 0.1) is 0 Å². The summed E-state index contributed by atoms with van der Waals surface area (Å²) in [5, 5.41) is 0. The highest BCUT2D eigenvalue weighted by molar-refractivity contribution is 5.86. The van der Waals surface area contributed by atoms with Gasteiger partial charge in [-0.3, -0.25) is 4.79 Å². The molecule has 0 saturated heterocycles. The molecule has 0 N–H and O–H groups in total. The van der Waals surface area contributed by atoms with E-state index in [1.807, 2.05) is 19.0 Å². The summed E-state index contributed by atoms with van der Waals surface area (Å²) in [6, 6.07) is 0. The van der Waals surface area contributed by atoms with Crippen LogP contribution < -0.4 is 0 Å². The summed E-state index contributed by atoms with van der Waals surface area (Å²) < 4.78 is 0. The molecule has 0 aromatic rings. The molecule has 0 fully saturated rings. The van der Waals surface area contributed by atoms with E-state index in [2.05, 4.69) is 18.4 Å². The minimum atomic E-state index is 0.0646. The number of rotatable bonds is 13. The van der Waals surface area contributed by atoms with Gasteiger partial charge in [0, 0.05) is 19.6 Å². The maximum absolute atomic E-state index is 11.8. The third kappa shape index (κ3) is 11.0. The van der Waals surface area contributed by atoms with E-state index in [9.17, 15) is 4.79 Å². The second-order valence-corrected chi connectivity index (χ2v) is 5.81. The second-order valence-electron chi connectivity index (χ2n) is 5.81. The van der Waals surface area contributed by atoms with Crippen LogP contribution >= 0.6 is 0 Å². The molecule has 3 heteroatoms. The highest BCUT2D eigenvalue weighted by Gasteiger charge is 2.09. The average Bonchev–Trinajstić information content (AvgIpc) is 2.43. The van der Waals surface area contributed by atoms with E-state index >= 15 is 0 Å². The maximum atomic E-state index is 11.8. The van der Waals surface area contributed by atoms with Crippen molar-refractivity contribution in [1.82, 2.24) is 9.80 Å². The molecule has 0 bridgehead atoms. The molecule has 1 amide bonds. The first-order chi connectivity index (χ1) is 9.61. The predicted octanol–water partition coefficient (Wildman–Crippen LogP) is 3.70. The number of hydrogen-bond donors (Lipinski definition) is 0. The van der Waals surface area contributed by atoms with Crippen molar-refractivity contribution in [3.8, 4) is 0 Å². The molecule has 0 spiro atoms. The molecule has 0 heterocycles. The van der Waals surface area contributed by atoms with Crippen LogP contribution in [-0.4, -0.2) is 49.4 Å². The van der Waals surface area contributed by atoms with Crippen LogP contribution in [0.15, 0.2) is 12.7 Å². The van der Waals surface area contributed by atoms with Crippen molar-refractivity contribution in [3.05, 3.63) is 12.7 Å². The largest absolute Gasteiger partial charge is 0.338 e. The fourth-order valence-electron chi connectivity index (χ4n) is 2.22. The molecule has 118 valence electrons. The van der Waals surface area contributed by atoms with Gasteiger partial charge in [0.25, 0.3) is 0 Å². The van der Waals surface area contributed by atoms with Gasteiger partial charge in [-0.2, -0.15) is 0 Å². The zero-order chi connectivity index (χ0) is 15.2. The molecule has 0 unspecified atom stereocenters. The Bertz CT molecular complexity index is 251. The third-order valence-electron chi connectivity index (χ3n) is 3.59. The minimum absolute atomic E-state index is 0.0646. The van der Waals surface area contributed by atoms with Crippen LogP contribution in [0.4, 0.5) is 0 Å². The lowest BCUT2D eigenvalue weighted by Crippen LogP contribution is -2.36. The van der Waals surface area contributed by atoms with Gasteiger partial charge in [0.15, 0.2) is 0 Å². The molecule has 0 rings (SSSR count). The number of hydrogen-bond acceptors (Lipinski definition) is 2. The highest BCUT2D eigenvalue weighted by Crippen LogP contribution is 2.09. The normalized spacial score (nSPS) is 10.8. The van der Waals surface area contributed by atoms with Gasteiger partial charge in [0.05, 0.1) is 0 Å². The molecular weight excluding hydrogens is 248 g/mol. The molecule has 0 aromatic heterocycles. The van der Waals surface area contributed by atoms with Crippen LogP contribution in [0.5, 0.6) is 0 Å². The Hall–Kier alpha value is -0.830. The molecule has 3 nitrogen and oxygen atoms in total. The summed E-state index contributed by atoms with van der Waals surface area (Å²) in [6.45, 7) is 8.42.